The number of aliphatic imine (C=N–C) groups is 2. The number of carbonyl (C=O) groups is 1. The molecule has 0 atom stereocenters. The van der Waals surface area contributed by atoms with Crippen LogP contribution in [0.25, 0.3) is 0 Å². The van der Waals surface area contributed by atoms with Crippen LogP contribution in [-0.2, 0) is 4.79 Å². The number of nitrogens with one attached hydrogen (secondary N) is 2. The van der Waals surface area contributed by atoms with Gasteiger partial charge in [-0.05, 0) is 6.92 Å². The van der Waals surface area contributed by atoms with Crippen molar-refractivity contribution in [1.82, 2.24) is 10.6 Å². The average molecular weight is 298 g/mol. The lowest BCUT2D eigenvalue weighted by molar-refractivity contribution is -0.116. The van der Waals surface area contributed by atoms with Gasteiger partial charge in [-0.1, -0.05) is 30.3 Å². The van der Waals surface area contributed by atoms with Crippen LogP contribution in [0.4, 0.5) is 0 Å². The summed E-state index contributed by atoms with van der Waals surface area (Å²) >= 11 is 0. The SMILES string of the molecule is CCNC(=O)C(/C=N\C)=C1\N=C(c2ccccc2)C=C(O)N1. The Bertz CT molecular complexity index is 673. The first-order valence-electron chi connectivity index (χ1n) is 6.92. The summed E-state index contributed by atoms with van der Waals surface area (Å²) in [6, 6.07) is 9.42. The van der Waals surface area contributed by atoms with E-state index < -0.39 is 0 Å². The third kappa shape index (κ3) is 3.60. The summed E-state index contributed by atoms with van der Waals surface area (Å²) in [5, 5.41) is 15.3. The predicted molar refractivity (Wildman–Crippen MR) is 87.0 cm³/mol. The van der Waals surface area contributed by atoms with E-state index in [4.69, 9.17) is 0 Å². The lowest BCUT2D eigenvalue weighted by Gasteiger charge is -2.16. The maximum absolute atomic E-state index is 12.1. The third-order valence-corrected chi connectivity index (χ3v) is 2.92. The van der Waals surface area contributed by atoms with Gasteiger partial charge in [-0.3, -0.25) is 9.79 Å². The van der Waals surface area contributed by atoms with Crippen LogP contribution in [0.5, 0.6) is 0 Å². The molecule has 1 aliphatic heterocycles. The van der Waals surface area contributed by atoms with Gasteiger partial charge in [-0.15, -0.1) is 0 Å². The Morgan fingerprint density at radius 1 is 1.41 bits per heavy atom. The molecule has 0 bridgehead atoms. The van der Waals surface area contributed by atoms with Gasteiger partial charge in [-0.2, -0.15) is 0 Å². The Morgan fingerprint density at radius 3 is 2.77 bits per heavy atom. The van der Waals surface area contributed by atoms with Crippen molar-refractivity contribution < 1.29 is 9.90 Å². The molecule has 1 heterocycles. The number of benzene rings is 1. The number of rotatable bonds is 4. The monoisotopic (exact) mass is 298 g/mol. The van der Waals surface area contributed by atoms with Gasteiger partial charge >= 0.3 is 0 Å². The lowest BCUT2D eigenvalue weighted by Crippen LogP contribution is -2.30. The van der Waals surface area contributed by atoms with Crippen molar-refractivity contribution >= 4 is 17.8 Å². The maximum atomic E-state index is 12.1. The average Bonchev–Trinajstić information content (AvgIpc) is 2.53. The summed E-state index contributed by atoms with van der Waals surface area (Å²) in [5.41, 5.74) is 1.67. The number of carbonyl (C=O) groups excluding carboxylic acids is 1. The highest BCUT2D eigenvalue weighted by atomic mass is 16.3. The van der Waals surface area contributed by atoms with E-state index in [1.54, 1.807) is 7.05 Å². The number of aliphatic hydroxyl groups is 1. The number of hydrogen-bond acceptors (Lipinski definition) is 5. The van der Waals surface area contributed by atoms with Crippen molar-refractivity contribution in [3.8, 4) is 0 Å². The highest BCUT2D eigenvalue weighted by Gasteiger charge is 2.18. The summed E-state index contributed by atoms with van der Waals surface area (Å²) in [6.45, 7) is 2.32. The molecule has 6 nitrogen and oxygen atoms in total. The molecule has 0 aliphatic carbocycles. The quantitative estimate of drug-likeness (QED) is 0.582. The second kappa shape index (κ2) is 7.21. The zero-order valence-corrected chi connectivity index (χ0v) is 12.5. The summed E-state index contributed by atoms with van der Waals surface area (Å²) < 4.78 is 0. The van der Waals surface area contributed by atoms with Crippen LogP contribution in [0.2, 0.25) is 0 Å². The minimum atomic E-state index is -0.304. The van der Waals surface area contributed by atoms with Gasteiger partial charge in [-0.25, -0.2) is 4.99 Å². The van der Waals surface area contributed by atoms with Crippen LogP contribution in [0, 0.1) is 0 Å². The zero-order valence-electron chi connectivity index (χ0n) is 12.5. The lowest BCUT2D eigenvalue weighted by atomic mass is 10.1. The van der Waals surface area contributed by atoms with Crippen LogP contribution < -0.4 is 10.6 Å². The first kappa shape index (κ1) is 15.5. The Balaban J connectivity index is 2.49. The molecule has 0 unspecified atom stereocenters. The van der Waals surface area contributed by atoms with E-state index in [2.05, 4.69) is 20.6 Å². The van der Waals surface area contributed by atoms with Crippen molar-refractivity contribution in [1.29, 1.82) is 0 Å². The third-order valence-electron chi connectivity index (χ3n) is 2.92. The number of amides is 1. The molecule has 1 amide bonds. The molecule has 1 aromatic rings. The minimum Gasteiger partial charge on any atom is -0.494 e. The fourth-order valence-corrected chi connectivity index (χ4v) is 1.96. The van der Waals surface area contributed by atoms with Gasteiger partial charge in [0.1, 0.15) is 5.82 Å². The molecule has 114 valence electrons. The molecule has 6 heteroatoms. The molecule has 0 fully saturated rings. The van der Waals surface area contributed by atoms with E-state index in [0.717, 1.165) is 5.56 Å². The number of likely N-dealkylation sites (N-methyl/N-ethyl adjacent to an activating group) is 1. The van der Waals surface area contributed by atoms with Crippen molar-refractivity contribution in [2.24, 2.45) is 9.98 Å². The highest BCUT2D eigenvalue weighted by Crippen LogP contribution is 2.14. The molecular weight excluding hydrogens is 280 g/mol. The van der Waals surface area contributed by atoms with E-state index in [9.17, 15) is 9.90 Å². The Kier molecular flexibility index (Phi) is 5.08. The Hall–Kier alpha value is -2.89. The number of hydrogen-bond donors (Lipinski definition) is 3. The Morgan fingerprint density at radius 2 is 2.14 bits per heavy atom. The number of nitrogens with zero attached hydrogens (tertiary/aromatic N) is 2. The Labute approximate surface area is 129 Å². The van der Waals surface area contributed by atoms with Crippen LogP contribution in [0.3, 0.4) is 0 Å². The molecule has 1 aromatic carbocycles. The summed E-state index contributed by atoms with van der Waals surface area (Å²) in [6.07, 6.45) is 2.93. The largest absolute Gasteiger partial charge is 0.494 e. The standard InChI is InChI=1S/C16H18N4O2/c1-3-18-16(22)12(10-17-2)15-19-13(9-14(21)20-15)11-7-5-4-6-8-11/h4-10,20-21H,3H2,1-2H3,(H,18,22)/b15-12+,17-10-. The molecule has 0 saturated carbocycles. The van der Waals surface area contributed by atoms with E-state index in [1.165, 1.54) is 12.3 Å². The van der Waals surface area contributed by atoms with Crippen molar-refractivity contribution in [3.05, 3.63) is 59.2 Å². The molecule has 0 aromatic heterocycles. The summed E-state index contributed by atoms with van der Waals surface area (Å²) in [7, 11) is 1.57. The van der Waals surface area contributed by atoms with E-state index >= 15 is 0 Å². The van der Waals surface area contributed by atoms with E-state index in [-0.39, 0.29) is 23.2 Å². The minimum absolute atomic E-state index is 0.0739. The van der Waals surface area contributed by atoms with Gasteiger partial charge in [0.25, 0.3) is 5.91 Å². The van der Waals surface area contributed by atoms with Crippen molar-refractivity contribution in [3.63, 3.8) is 0 Å². The van der Waals surface area contributed by atoms with Gasteiger partial charge < -0.3 is 15.7 Å². The second-order valence-corrected chi connectivity index (χ2v) is 4.53. The normalized spacial score (nSPS) is 16.6. The highest BCUT2D eigenvalue weighted by molar-refractivity contribution is 6.15. The smallest absolute Gasteiger partial charge is 0.256 e. The molecule has 22 heavy (non-hydrogen) atoms. The zero-order chi connectivity index (χ0) is 15.9. The van der Waals surface area contributed by atoms with Crippen LogP contribution in [-0.4, -0.2) is 36.5 Å². The first-order chi connectivity index (χ1) is 10.7. The van der Waals surface area contributed by atoms with Gasteiger partial charge in [0, 0.05) is 31.4 Å². The fourth-order valence-electron chi connectivity index (χ4n) is 1.96. The van der Waals surface area contributed by atoms with E-state index in [0.29, 0.717) is 12.3 Å². The summed E-state index contributed by atoms with van der Waals surface area (Å²) in [5.74, 6) is -0.119. The second-order valence-electron chi connectivity index (χ2n) is 4.53. The number of aliphatic hydroxyl groups excluding tert-OH is 1. The van der Waals surface area contributed by atoms with E-state index in [1.807, 2.05) is 37.3 Å². The maximum Gasteiger partial charge on any atom is 0.256 e. The van der Waals surface area contributed by atoms with Gasteiger partial charge in [0.15, 0.2) is 5.88 Å². The molecular formula is C16H18N4O2. The molecule has 2 rings (SSSR count). The fraction of sp³-hybridized carbons (Fsp3) is 0.188. The first-order valence-corrected chi connectivity index (χ1v) is 6.92. The molecule has 1 aliphatic rings. The predicted octanol–water partition coefficient (Wildman–Crippen LogP) is 1.53. The summed E-state index contributed by atoms with van der Waals surface area (Å²) in [4.78, 5) is 20.4. The molecule has 3 N–H and O–H groups in total. The van der Waals surface area contributed by atoms with Gasteiger partial charge in [0.2, 0.25) is 0 Å². The van der Waals surface area contributed by atoms with Crippen LogP contribution in [0.15, 0.2) is 63.7 Å². The molecule has 0 spiro atoms. The van der Waals surface area contributed by atoms with Crippen LogP contribution in [0.1, 0.15) is 12.5 Å². The number of allylic oxidation sites excluding steroid dienone is 1. The van der Waals surface area contributed by atoms with Crippen molar-refractivity contribution in [2.45, 2.75) is 6.92 Å². The van der Waals surface area contributed by atoms with Crippen LogP contribution >= 0.6 is 0 Å². The molecule has 0 saturated heterocycles. The van der Waals surface area contributed by atoms with Gasteiger partial charge in [0.05, 0.1) is 11.3 Å². The molecule has 0 radical (unpaired) electrons. The van der Waals surface area contributed by atoms with Crippen molar-refractivity contribution in [2.75, 3.05) is 13.6 Å². The topological polar surface area (TPSA) is 86.1 Å².